The molecule has 32 heavy (non-hydrogen) atoms. The molecule has 1 aliphatic rings. The van der Waals surface area contributed by atoms with Crippen molar-refractivity contribution < 1.29 is 9.59 Å². The molecule has 0 radical (unpaired) electrons. The Balaban J connectivity index is 1.35. The number of rotatable bonds is 7. The lowest BCUT2D eigenvalue weighted by atomic mass is 10.1. The van der Waals surface area contributed by atoms with Gasteiger partial charge in [-0.05, 0) is 47.9 Å². The van der Waals surface area contributed by atoms with Gasteiger partial charge in [-0.25, -0.2) is 0 Å². The molecule has 2 amide bonds. The molecule has 0 aromatic heterocycles. The predicted octanol–water partition coefficient (Wildman–Crippen LogP) is 5.24. The van der Waals surface area contributed by atoms with Gasteiger partial charge in [0.1, 0.15) is 6.04 Å². The quantitative estimate of drug-likeness (QED) is 0.446. The van der Waals surface area contributed by atoms with E-state index in [1.54, 1.807) is 30.0 Å². The summed E-state index contributed by atoms with van der Waals surface area (Å²) in [6.07, 6.45) is 0. The average molecular weight is 466 g/mol. The van der Waals surface area contributed by atoms with Crippen molar-refractivity contribution in [2.45, 2.75) is 25.3 Å². The van der Waals surface area contributed by atoms with Gasteiger partial charge in [-0.2, -0.15) is 11.8 Å². The number of amides is 2. The highest BCUT2D eigenvalue weighted by Gasteiger charge is 2.26. The van der Waals surface area contributed by atoms with Gasteiger partial charge in [0.25, 0.3) is 5.91 Å². The van der Waals surface area contributed by atoms with Crippen molar-refractivity contribution in [3.8, 4) is 0 Å². The van der Waals surface area contributed by atoms with E-state index in [2.05, 4.69) is 35.0 Å². The van der Waals surface area contributed by atoms with Gasteiger partial charge in [-0.3, -0.25) is 9.59 Å². The molecular formula is C25H24ClN3O2S. The van der Waals surface area contributed by atoms with Crippen LogP contribution in [0.1, 0.15) is 27.0 Å². The van der Waals surface area contributed by atoms with Crippen molar-refractivity contribution in [2.24, 2.45) is 0 Å². The second-order valence-electron chi connectivity index (χ2n) is 7.66. The van der Waals surface area contributed by atoms with Crippen LogP contribution in [0.2, 0.25) is 5.02 Å². The Morgan fingerprint density at radius 3 is 2.56 bits per heavy atom. The molecule has 164 valence electrons. The van der Waals surface area contributed by atoms with E-state index < -0.39 is 0 Å². The van der Waals surface area contributed by atoms with E-state index in [4.69, 9.17) is 11.6 Å². The smallest absolute Gasteiger partial charge is 0.251 e. The normalized spacial score (nSPS) is 14.8. The summed E-state index contributed by atoms with van der Waals surface area (Å²) in [6.45, 7) is 2.43. The number of carbonyl (C=O) groups is 2. The van der Waals surface area contributed by atoms with E-state index in [1.807, 2.05) is 36.4 Å². The standard InChI is InChI=1S/C25H24ClN3O2S/c1-16-6-2-3-8-19(16)14-32-15-23-25(31)29-22-12-17(10-11-21(22)28-23)24(30)27-13-18-7-4-5-9-20(18)26/h2-12,23,28H,13-15H2,1H3,(H,27,30)(H,29,31)/t23-/m0/s1. The van der Waals surface area contributed by atoms with Crippen molar-refractivity contribution in [3.63, 3.8) is 0 Å². The van der Waals surface area contributed by atoms with Gasteiger partial charge in [0.15, 0.2) is 0 Å². The minimum absolute atomic E-state index is 0.0941. The summed E-state index contributed by atoms with van der Waals surface area (Å²) < 4.78 is 0. The highest BCUT2D eigenvalue weighted by Crippen LogP contribution is 2.29. The van der Waals surface area contributed by atoms with Crippen molar-refractivity contribution in [2.75, 3.05) is 16.4 Å². The van der Waals surface area contributed by atoms with Crippen LogP contribution in [0.5, 0.6) is 0 Å². The molecule has 5 nitrogen and oxygen atoms in total. The Bertz CT molecular complexity index is 1150. The topological polar surface area (TPSA) is 70.2 Å². The summed E-state index contributed by atoms with van der Waals surface area (Å²) in [7, 11) is 0. The summed E-state index contributed by atoms with van der Waals surface area (Å²) in [5.41, 5.74) is 5.29. The summed E-state index contributed by atoms with van der Waals surface area (Å²) in [5, 5.41) is 9.71. The van der Waals surface area contributed by atoms with Crippen LogP contribution in [-0.4, -0.2) is 23.6 Å². The molecule has 1 atom stereocenters. The lowest BCUT2D eigenvalue weighted by Gasteiger charge is -2.27. The maximum absolute atomic E-state index is 12.6. The molecule has 0 aliphatic carbocycles. The molecular weight excluding hydrogens is 442 g/mol. The molecule has 0 bridgehead atoms. The first-order chi connectivity index (χ1) is 15.5. The van der Waals surface area contributed by atoms with Crippen molar-refractivity contribution in [1.29, 1.82) is 0 Å². The van der Waals surface area contributed by atoms with Gasteiger partial charge >= 0.3 is 0 Å². The number of thioether (sulfide) groups is 1. The van der Waals surface area contributed by atoms with Crippen LogP contribution in [0.3, 0.4) is 0 Å². The molecule has 0 unspecified atom stereocenters. The minimum atomic E-state index is -0.323. The molecule has 3 N–H and O–H groups in total. The number of aryl methyl sites for hydroxylation is 1. The molecule has 1 heterocycles. The van der Waals surface area contributed by atoms with Crippen LogP contribution in [0.25, 0.3) is 0 Å². The van der Waals surface area contributed by atoms with Gasteiger partial charge in [-0.1, -0.05) is 54.1 Å². The zero-order valence-corrected chi connectivity index (χ0v) is 19.2. The predicted molar refractivity (Wildman–Crippen MR) is 132 cm³/mol. The van der Waals surface area contributed by atoms with Crippen molar-refractivity contribution >= 4 is 46.6 Å². The number of hydrogen-bond donors (Lipinski definition) is 3. The third kappa shape index (κ3) is 5.26. The Morgan fingerprint density at radius 1 is 1.03 bits per heavy atom. The second-order valence-corrected chi connectivity index (χ2v) is 9.10. The number of hydrogen-bond acceptors (Lipinski definition) is 4. The van der Waals surface area contributed by atoms with E-state index in [0.29, 0.717) is 28.6 Å². The van der Waals surface area contributed by atoms with E-state index in [9.17, 15) is 9.59 Å². The van der Waals surface area contributed by atoms with Crippen molar-refractivity contribution in [3.05, 3.63) is 94.0 Å². The first-order valence-electron chi connectivity index (χ1n) is 10.4. The first kappa shape index (κ1) is 22.2. The molecule has 7 heteroatoms. The van der Waals surface area contributed by atoms with E-state index in [-0.39, 0.29) is 17.9 Å². The van der Waals surface area contributed by atoms with E-state index in [0.717, 1.165) is 17.0 Å². The number of fused-ring (bicyclic) bond motifs is 1. The molecule has 1 aliphatic heterocycles. The highest BCUT2D eigenvalue weighted by atomic mass is 35.5. The van der Waals surface area contributed by atoms with Crippen LogP contribution < -0.4 is 16.0 Å². The summed E-state index contributed by atoms with van der Waals surface area (Å²) in [4.78, 5) is 25.2. The fraction of sp³-hybridized carbons (Fsp3) is 0.200. The van der Waals surface area contributed by atoms with Gasteiger partial charge in [0, 0.05) is 28.6 Å². The Morgan fingerprint density at radius 2 is 1.78 bits per heavy atom. The van der Waals surface area contributed by atoms with Crippen LogP contribution in [0.4, 0.5) is 11.4 Å². The molecule has 0 saturated carbocycles. The van der Waals surface area contributed by atoms with E-state index >= 15 is 0 Å². The monoisotopic (exact) mass is 465 g/mol. The zero-order valence-electron chi connectivity index (χ0n) is 17.7. The van der Waals surface area contributed by atoms with Gasteiger partial charge in [0.2, 0.25) is 5.91 Å². The third-order valence-electron chi connectivity index (χ3n) is 5.39. The molecule has 4 rings (SSSR count). The van der Waals surface area contributed by atoms with Gasteiger partial charge in [-0.15, -0.1) is 0 Å². The van der Waals surface area contributed by atoms with Crippen LogP contribution in [0.15, 0.2) is 66.7 Å². The maximum atomic E-state index is 12.6. The van der Waals surface area contributed by atoms with Crippen LogP contribution in [0, 0.1) is 6.92 Å². The lowest BCUT2D eigenvalue weighted by Crippen LogP contribution is -2.40. The molecule has 0 saturated heterocycles. The molecule has 0 fully saturated rings. The Kier molecular flexibility index (Phi) is 7.02. The van der Waals surface area contributed by atoms with Crippen LogP contribution in [-0.2, 0) is 17.1 Å². The first-order valence-corrected chi connectivity index (χ1v) is 11.9. The van der Waals surface area contributed by atoms with E-state index in [1.165, 1.54) is 11.1 Å². The SMILES string of the molecule is Cc1ccccc1CSC[C@@H]1Nc2ccc(C(=O)NCc3ccccc3Cl)cc2NC1=O. The third-order valence-corrected chi connectivity index (χ3v) is 6.84. The molecule has 0 spiro atoms. The highest BCUT2D eigenvalue weighted by molar-refractivity contribution is 7.98. The number of nitrogens with one attached hydrogen (secondary N) is 3. The maximum Gasteiger partial charge on any atom is 0.251 e. The Hall–Kier alpha value is -2.96. The summed E-state index contributed by atoms with van der Waals surface area (Å²) >= 11 is 7.87. The van der Waals surface area contributed by atoms with Gasteiger partial charge < -0.3 is 16.0 Å². The summed E-state index contributed by atoms with van der Waals surface area (Å²) in [6, 6.07) is 20.6. The minimum Gasteiger partial charge on any atom is -0.371 e. The molecule has 3 aromatic carbocycles. The summed E-state index contributed by atoms with van der Waals surface area (Å²) in [5.74, 6) is 1.19. The number of carbonyl (C=O) groups excluding carboxylic acids is 2. The molecule has 3 aromatic rings. The Labute approximate surface area is 196 Å². The fourth-order valence-electron chi connectivity index (χ4n) is 3.48. The lowest BCUT2D eigenvalue weighted by molar-refractivity contribution is -0.116. The fourth-order valence-corrected chi connectivity index (χ4v) is 4.82. The van der Waals surface area contributed by atoms with Crippen molar-refractivity contribution in [1.82, 2.24) is 5.32 Å². The second kappa shape index (κ2) is 10.1. The largest absolute Gasteiger partial charge is 0.371 e. The van der Waals surface area contributed by atoms with Crippen LogP contribution >= 0.6 is 23.4 Å². The number of anilines is 2. The van der Waals surface area contributed by atoms with Gasteiger partial charge in [0.05, 0.1) is 11.4 Å². The number of benzene rings is 3. The number of halogens is 1. The average Bonchev–Trinajstić information content (AvgIpc) is 2.79. The zero-order chi connectivity index (χ0) is 22.5.